The molecule has 2 heteroatoms. The number of unbranched alkanes of at least 4 members (excludes halogenated alkanes) is 1. The second-order valence-corrected chi connectivity index (χ2v) is 5.46. The summed E-state index contributed by atoms with van der Waals surface area (Å²) in [6, 6.07) is 0. The Labute approximate surface area is 99.5 Å². The summed E-state index contributed by atoms with van der Waals surface area (Å²) in [5.74, 6) is 2.57. The normalized spacial score (nSPS) is 11.6. The van der Waals surface area contributed by atoms with Gasteiger partial charge in [-0.25, -0.2) is 4.98 Å². The highest BCUT2D eigenvalue weighted by molar-refractivity contribution is 5.07. The first kappa shape index (κ1) is 13.3. The number of aryl methyl sites for hydroxylation is 1. The second kappa shape index (κ2) is 6.72. The van der Waals surface area contributed by atoms with Gasteiger partial charge in [0.05, 0.1) is 5.69 Å². The lowest BCUT2D eigenvalue weighted by Crippen LogP contribution is -1.98. The highest BCUT2D eigenvalue weighted by Crippen LogP contribution is 2.16. The third kappa shape index (κ3) is 4.82. The first-order valence-corrected chi connectivity index (χ1v) is 6.50. The summed E-state index contributed by atoms with van der Waals surface area (Å²) in [5, 5.41) is 0. The molecule has 0 aliphatic rings. The van der Waals surface area contributed by atoms with Gasteiger partial charge >= 0.3 is 0 Å². The van der Waals surface area contributed by atoms with Crippen LogP contribution < -0.4 is 0 Å². The van der Waals surface area contributed by atoms with E-state index >= 15 is 0 Å². The van der Waals surface area contributed by atoms with Crippen LogP contribution in [0.5, 0.6) is 0 Å². The molecule has 0 aliphatic carbocycles. The van der Waals surface area contributed by atoms with E-state index in [2.05, 4.69) is 32.7 Å². The zero-order valence-corrected chi connectivity index (χ0v) is 11.1. The summed E-state index contributed by atoms with van der Waals surface area (Å²) in [6.07, 6.45) is 7.51. The van der Waals surface area contributed by atoms with Gasteiger partial charge in [-0.05, 0) is 24.7 Å². The van der Waals surface area contributed by atoms with Crippen LogP contribution >= 0.6 is 0 Å². The van der Waals surface area contributed by atoms with Crippen molar-refractivity contribution in [2.24, 2.45) is 11.8 Å². The zero-order valence-electron chi connectivity index (χ0n) is 11.1. The number of aromatic nitrogens is 1. The van der Waals surface area contributed by atoms with Gasteiger partial charge in [-0.15, -0.1) is 0 Å². The van der Waals surface area contributed by atoms with Crippen molar-refractivity contribution in [3.63, 3.8) is 0 Å². The van der Waals surface area contributed by atoms with Crippen LogP contribution in [0.25, 0.3) is 0 Å². The molecule has 16 heavy (non-hydrogen) atoms. The van der Waals surface area contributed by atoms with E-state index in [1.165, 1.54) is 25.0 Å². The van der Waals surface area contributed by atoms with Gasteiger partial charge in [-0.2, -0.15) is 0 Å². The van der Waals surface area contributed by atoms with Gasteiger partial charge in [-0.1, -0.05) is 40.5 Å². The van der Waals surface area contributed by atoms with Gasteiger partial charge in [0.2, 0.25) is 0 Å². The SMILES string of the molecule is CC(C)CCCCc1ocnc1CC(C)C. The lowest BCUT2D eigenvalue weighted by atomic mass is 10.0. The predicted molar refractivity (Wildman–Crippen MR) is 67.4 cm³/mol. The van der Waals surface area contributed by atoms with Crippen molar-refractivity contribution in [2.45, 2.75) is 59.8 Å². The van der Waals surface area contributed by atoms with E-state index in [0.717, 1.165) is 24.5 Å². The summed E-state index contributed by atoms with van der Waals surface area (Å²) < 4.78 is 5.46. The Bertz CT molecular complexity index is 289. The van der Waals surface area contributed by atoms with E-state index in [1.807, 2.05) is 0 Å². The fourth-order valence-electron chi connectivity index (χ4n) is 1.89. The summed E-state index contributed by atoms with van der Waals surface area (Å²) >= 11 is 0. The monoisotopic (exact) mass is 223 g/mol. The topological polar surface area (TPSA) is 26.0 Å². The lowest BCUT2D eigenvalue weighted by molar-refractivity contribution is 0.471. The summed E-state index contributed by atoms with van der Waals surface area (Å²) in [7, 11) is 0. The number of rotatable bonds is 7. The smallest absolute Gasteiger partial charge is 0.181 e. The Morgan fingerprint density at radius 2 is 1.88 bits per heavy atom. The van der Waals surface area contributed by atoms with Gasteiger partial charge in [-0.3, -0.25) is 0 Å². The zero-order chi connectivity index (χ0) is 12.0. The molecular weight excluding hydrogens is 198 g/mol. The maximum atomic E-state index is 5.46. The minimum atomic E-state index is 0.652. The molecule has 1 aromatic rings. The fraction of sp³-hybridized carbons (Fsp3) is 0.786. The van der Waals surface area contributed by atoms with Crippen LogP contribution in [0.1, 0.15) is 58.4 Å². The number of hydrogen-bond acceptors (Lipinski definition) is 2. The number of hydrogen-bond donors (Lipinski definition) is 0. The van der Waals surface area contributed by atoms with E-state index in [4.69, 9.17) is 4.42 Å². The first-order valence-electron chi connectivity index (χ1n) is 6.50. The lowest BCUT2D eigenvalue weighted by Gasteiger charge is -2.05. The largest absolute Gasteiger partial charge is 0.448 e. The Morgan fingerprint density at radius 1 is 1.12 bits per heavy atom. The molecule has 92 valence electrons. The molecule has 0 N–H and O–H groups in total. The van der Waals surface area contributed by atoms with Gasteiger partial charge in [0, 0.05) is 6.42 Å². The van der Waals surface area contributed by atoms with Crippen molar-refractivity contribution in [1.82, 2.24) is 4.98 Å². The van der Waals surface area contributed by atoms with E-state index in [9.17, 15) is 0 Å². The first-order chi connectivity index (χ1) is 7.59. The molecule has 1 heterocycles. The molecule has 1 rings (SSSR count). The van der Waals surface area contributed by atoms with Crippen molar-refractivity contribution >= 4 is 0 Å². The molecule has 1 aromatic heterocycles. The van der Waals surface area contributed by atoms with Crippen LogP contribution in [0.2, 0.25) is 0 Å². The maximum absolute atomic E-state index is 5.46. The van der Waals surface area contributed by atoms with Crippen molar-refractivity contribution in [3.05, 3.63) is 17.8 Å². The molecular formula is C14H25NO. The summed E-state index contributed by atoms with van der Waals surface area (Å²) in [4.78, 5) is 4.30. The van der Waals surface area contributed by atoms with Crippen LogP contribution in [0.3, 0.4) is 0 Å². The second-order valence-electron chi connectivity index (χ2n) is 5.46. The molecule has 0 fully saturated rings. The predicted octanol–water partition coefficient (Wildman–Crippen LogP) is 4.24. The Kier molecular flexibility index (Phi) is 5.58. The number of nitrogens with zero attached hydrogens (tertiary/aromatic N) is 1. The molecule has 0 spiro atoms. The Morgan fingerprint density at radius 3 is 2.50 bits per heavy atom. The minimum Gasteiger partial charge on any atom is -0.448 e. The molecule has 2 nitrogen and oxygen atoms in total. The minimum absolute atomic E-state index is 0.652. The summed E-state index contributed by atoms with van der Waals surface area (Å²) in [5.41, 5.74) is 1.17. The highest BCUT2D eigenvalue weighted by atomic mass is 16.3. The molecule has 0 amide bonds. The summed E-state index contributed by atoms with van der Waals surface area (Å²) in [6.45, 7) is 8.99. The van der Waals surface area contributed by atoms with E-state index in [1.54, 1.807) is 6.39 Å². The Balaban J connectivity index is 2.33. The van der Waals surface area contributed by atoms with Gasteiger partial charge < -0.3 is 4.42 Å². The van der Waals surface area contributed by atoms with E-state index in [0.29, 0.717) is 5.92 Å². The van der Waals surface area contributed by atoms with E-state index < -0.39 is 0 Å². The van der Waals surface area contributed by atoms with Crippen molar-refractivity contribution in [1.29, 1.82) is 0 Å². The molecule has 0 atom stereocenters. The van der Waals surface area contributed by atoms with Crippen LogP contribution in [0.15, 0.2) is 10.8 Å². The van der Waals surface area contributed by atoms with Crippen LogP contribution in [0, 0.1) is 11.8 Å². The molecule has 0 bridgehead atoms. The average Bonchev–Trinajstić information content (AvgIpc) is 2.59. The highest BCUT2D eigenvalue weighted by Gasteiger charge is 2.09. The molecule has 0 radical (unpaired) electrons. The van der Waals surface area contributed by atoms with Gasteiger partial charge in [0.15, 0.2) is 6.39 Å². The molecule has 0 saturated carbocycles. The van der Waals surface area contributed by atoms with Crippen LogP contribution in [-0.4, -0.2) is 4.98 Å². The third-order valence-electron chi connectivity index (χ3n) is 2.76. The van der Waals surface area contributed by atoms with Crippen molar-refractivity contribution in [3.8, 4) is 0 Å². The Hall–Kier alpha value is -0.790. The fourth-order valence-corrected chi connectivity index (χ4v) is 1.89. The molecule has 0 saturated heterocycles. The van der Waals surface area contributed by atoms with E-state index in [-0.39, 0.29) is 0 Å². The van der Waals surface area contributed by atoms with Crippen LogP contribution in [0.4, 0.5) is 0 Å². The van der Waals surface area contributed by atoms with Gasteiger partial charge in [0.1, 0.15) is 5.76 Å². The third-order valence-corrected chi connectivity index (χ3v) is 2.76. The average molecular weight is 223 g/mol. The van der Waals surface area contributed by atoms with Crippen molar-refractivity contribution < 1.29 is 4.42 Å². The van der Waals surface area contributed by atoms with Crippen LogP contribution in [-0.2, 0) is 12.8 Å². The molecule has 0 aliphatic heterocycles. The maximum Gasteiger partial charge on any atom is 0.181 e. The quantitative estimate of drug-likeness (QED) is 0.646. The molecule has 0 aromatic carbocycles. The van der Waals surface area contributed by atoms with Gasteiger partial charge in [0.25, 0.3) is 0 Å². The molecule has 0 unspecified atom stereocenters. The number of oxazole rings is 1. The standard InChI is InChI=1S/C14H25NO/c1-11(2)7-5-6-8-14-13(9-12(3)4)15-10-16-14/h10-12H,5-9H2,1-4H3. The van der Waals surface area contributed by atoms with Crippen molar-refractivity contribution in [2.75, 3.05) is 0 Å².